The summed E-state index contributed by atoms with van der Waals surface area (Å²) in [5.41, 5.74) is 2.74. The van der Waals surface area contributed by atoms with Crippen LogP contribution in [0.4, 0.5) is 11.4 Å². The molecule has 0 saturated heterocycles. The first-order valence-electron chi connectivity index (χ1n) is 8.78. The average Bonchev–Trinajstić information content (AvgIpc) is 2.58. The maximum atomic E-state index is 13.0. The Balaban J connectivity index is 2.46. The van der Waals surface area contributed by atoms with Crippen LogP contribution >= 0.6 is 23.2 Å². The van der Waals surface area contributed by atoms with Crippen molar-refractivity contribution in [2.24, 2.45) is 0 Å². The van der Waals surface area contributed by atoms with E-state index < -0.39 is 22.0 Å². The van der Waals surface area contributed by atoms with E-state index in [0.29, 0.717) is 10.7 Å². The third-order valence-electron chi connectivity index (χ3n) is 4.41. The number of hydrogen-bond acceptors (Lipinski definition) is 3. The fourth-order valence-electron chi connectivity index (χ4n) is 3.01. The van der Waals surface area contributed by atoms with Crippen molar-refractivity contribution in [3.8, 4) is 0 Å². The number of carbonyl (C=O) groups is 1. The van der Waals surface area contributed by atoms with E-state index in [-0.39, 0.29) is 16.6 Å². The number of hydrogen-bond donors (Lipinski definition) is 1. The summed E-state index contributed by atoms with van der Waals surface area (Å²) in [5, 5.41) is 3.40. The smallest absolute Gasteiger partial charge is 0.248 e. The van der Waals surface area contributed by atoms with Crippen LogP contribution in [0.5, 0.6) is 0 Å². The van der Waals surface area contributed by atoms with Crippen molar-refractivity contribution in [2.75, 3.05) is 15.9 Å². The summed E-state index contributed by atoms with van der Waals surface area (Å²) in [7, 11) is -3.80. The molecule has 2 aromatic carbocycles. The minimum absolute atomic E-state index is 0.160. The molecule has 1 atom stereocenters. The molecular formula is C20H24Cl2N2O3S. The van der Waals surface area contributed by atoms with Gasteiger partial charge >= 0.3 is 0 Å². The largest absolute Gasteiger partial charge is 0.324 e. The maximum absolute atomic E-state index is 13.0. The number of nitrogens with zero attached hydrogens (tertiary/aromatic N) is 1. The first-order valence-corrected chi connectivity index (χ1v) is 11.4. The zero-order valence-electron chi connectivity index (χ0n) is 16.5. The maximum Gasteiger partial charge on any atom is 0.248 e. The molecule has 0 aliphatic carbocycles. The Morgan fingerprint density at radius 2 is 1.75 bits per heavy atom. The van der Waals surface area contributed by atoms with Crippen LogP contribution in [-0.4, -0.2) is 26.6 Å². The number of benzene rings is 2. The number of para-hydroxylation sites is 1. The van der Waals surface area contributed by atoms with Crippen LogP contribution < -0.4 is 9.62 Å². The van der Waals surface area contributed by atoms with Crippen LogP contribution in [0.25, 0.3) is 0 Å². The fourth-order valence-corrected chi connectivity index (χ4v) is 4.61. The lowest BCUT2D eigenvalue weighted by molar-refractivity contribution is -0.116. The highest BCUT2D eigenvalue weighted by atomic mass is 35.5. The number of sulfonamides is 1. The van der Waals surface area contributed by atoms with E-state index in [4.69, 9.17) is 23.2 Å². The van der Waals surface area contributed by atoms with Gasteiger partial charge in [0.15, 0.2) is 0 Å². The molecule has 1 amide bonds. The third-order valence-corrected chi connectivity index (χ3v) is 6.19. The van der Waals surface area contributed by atoms with Crippen molar-refractivity contribution in [3.05, 3.63) is 57.6 Å². The Hall–Kier alpha value is -1.76. The number of rotatable bonds is 6. The molecular weight excluding hydrogens is 419 g/mol. The fraction of sp³-hybridized carbons (Fsp3) is 0.350. The normalized spacial score (nSPS) is 12.7. The van der Waals surface area contributed by atoms with Crippen LogP contribution in [0.2, 0.25) is 10.0 Å². The molecule has 0 saturated carbocycles. The minimum Gasteiger partial charge on any atom is -0.324 e. The standard InChI is InChI=1S/C20H24Cl2N2O3S/c1-12(2)16-8-6-7-13(3)19(16)23-20(25)14(4)24(28(5,26)27)18-11-15(21)9-10-17(18)22/h6-12,14H,1-5H3,(H,23,25)/t14-/m1/s1. The Bertz CT molecular complexity index is 991. The summed E-state index contributed by atoms with van der Waals surface area (Å²) in [5.74, 6) is -0.267. The van der Waals surface area contributed by atoms with Gasteiger partial charge in [0, 0.05) is 10.7 Å². The van der Waals surface area contributed by atoms with E-state index in [0.717, 1.165) is 21.7 Å². The van der Waals surface area contributed by atoms with Crippen molar-refractivity contribution in [1.29, 1.82) is 0 Å². The SMILES string of the molecule is Cc1cccc(C(C)C)c1NC(=O)[C@@H](C)N(c1cc(Cl)ccc1Cl)S(C)(=O)=O. The van der Waals surface area contributed by atoms with Gasteiger partial charge in [0.2, 0.25) is 15.9 Å². The molecule has 0 radical (unpaired) electrons. The topological polar surface area (TPSA) is 66.5 Å². The van der Waals surface area contributed by atoms with Crippen LogP contribution in [0.1, 0.15) is 37.8 Å². The van der Waals surface area contributed by atoms with Crippen LogP contribution in [0.15, 0.2) is 36.4 Å². The lowest BCUT2D eigenvalue weighted by atomic mass is 9.98. The number of amides is 1. The zero-order valence-corrected chi connectivity index (χ0v) is 18.8. The van der Waals surface area contributed by atoms with Crippen molar-refractivity contribution in [2.45, 2.75) is 39.7 Å². The van der Waals surface area contributed by atoms with Gasteiger partial charge in [-0.25, -0.2) is 8.42 Å². The molecule has 152 valence electrons. The second-order valence-electron chi connectivity index (χ2n) is 7.01. The molecule has 0 aromatic heterocycles. The summed E-state index contributed by atoms with van der Waals surface area (Å²) < 4.78 is 26.0. The highest BCUT2D eigenvalue weighted by Crippen LogP contribution is 2.33. The minimum atomic E-state index is -3.80. The van der Waals surface area contributed by atoms with Gasteiger partial charge in [-0.3, -0.25) is 9.10 Å². The Morgan fingerprint density at radius 3 is 2.32 bits per heavy atom. The van der Waals surface area contributed by atoms with Gasteiger partial charge in [-0.2, -0.15) is 0 Å². The summed E-state index contributed by atoms with van der Waals surface area (Å²) in [6, 6.07) is 9.22. The van der Waals surface area contributed by atoms with Crippen LogP contribution in [-0.2, 0) is 14.8 Å². The van der Waals surface area contributed by atoms with Gasteiger partial charge in [0.1, 0.15) is 6.04 Å². The predicted octanol–water partition coefficient (Wildman–Crippen LogP) is 5.22. The van der Waals surface area contributed by atoms with Crippen LogP contribution in [0, 0.1) is 6.92 Å². The first-order chi connectivity index (χ1) is 12.9. The summed E-state index contributed by atoms with van der Waals surface area (Å²) in [6.07, 6.45) is 1.03. The monoisotopic (exact) mass is 442 g/mol. The highest BCUT2D eigenvalue weighted by molar-refractivity contribution is 7.92. The third kappa shape index (κ3) is 4.99. The van der Waals surface area contributed by atoms with Gasteiger partial charge in [-0.1, -0.05) is 55.2 Å². The van der Waals surface area contributed by atoms with Gasteiger partial charge < -0.3 is 5.32 Å². The first kappa shape index (κ1) is 22.5. The molecule has 5 nitrogen and oxygen atoms in total. The quantitative estimate of drug-likeness (QED) is 0.666. The van der Waals surface area contributed by atoms with Gasteiger partial charge in [0.25, 0.3) is 0 Å². The van der Waals surface area contributed by atoms with E-state index in [9.17, 15) is 13.2 Å². The van der Waals surface area contributed by atoms with E-state index in [1.807, 2.05) is 39.0 Å². The van der Waals surface area contributed by atoms with E-state index in [2.05, 4.69) is 5.32 Å². The average molecular weight is 443 g/mol. The molecule has 0 heterocycles. The lowest BCUT2D eigenvalue weighted by Gasteiger charge is -2.29. The summed E-state index contributed by atoms with van der Waals surface area (Å²) in [6.45, 7) is 7.47. The molecule has 0 unspecified atom stereocenters. The second-order valence-corrected chi connectivity index (χ2v) is 9.72. The van der Waals surface area contributed by atoms with Crippen molar-refractivity contribution in [1.82, 2.24) is 0 Å². The molecule has 2 rings (SSSR count). The molecule has 0 aliphatic heterocycles. The number of anilines is 2. The van der Waals surface area contributed by atoms with Crippen LogP contribution in [0.3, 0.4) is 0 Å². The molecule has 0 fully saturated rings. The summed E-state index contributed by atoms with van der Waals surface area (Å²) >= 11 is 12.2. The van der Waals surface area contributed by atoms with Gasteiger partial charge in [-0.05, 0) is 49.1 Å². The molecule has 28 heavy (non-hydrogen) atoms. The molecule has 0 bridgehead atoms. The number of carbonyl (C=O) groups excluding carboxylic acids is 1. The van der Waals surface area contributed by atoms with Gasteiger partial charge in [-0.15, -0.1) is 0 Å². The predicted molar refractivity (Wildman–Crippen MR) is 117 cm³/mol. The van der Waals surface area contributed by atoms with Crippen molar-refractivity contribution in [3.63, 3.8) is 0 Å². The number of aryl methyl sites for hydroxylation is 1. The van der Waals surface area contributed by atoms with Crippen molar-refractivity contribution >= 4 is 50.5 Å². The number of nitrogens with one attached hydrogen (secondary N) is 1. The van der Waals surface area contributed by atoms with E-state index in [1.165, 1.54) is 19.1 Å². The van der Waals surface area contributed by atoms with E-state index >= 15 is 0 Å². The molecule has 0 aliphatic rings. The zero-order chi connectivity index (χ0) is 21.2. The second kappa shape index (κ2) is 8.72. The lowest BCUT2D eigenvalue weighted by Crippen LogP contribution is -2.45. The molecule has 8 heteroatoms. The summed E-state index contributed by atoms with van der Waals surface area (Å²) in [4.78, 5) is 13.0. The van der Waals surface area contributed by atoms with E-state index in [1.54, 1.807) is 6.07 Å². The molecule has 1 N–H and O–H groups in total. The molecule has 0 spiro atoms. The highest BCUT2D eigenvalue weighted by Gasteiger charge is 2.31. The Morgan fingerprint density at radius 1 is 1.11 bits per heavy atom. The molecule has 2 aromatic rings. The number of halogens is 2. The Kier molecular flexibility index (Phi) is 7.02. The van der Waals surface area contributed by atoms with Gasteiger partial charge in [0.05, 0.1) is 17.0 Å². The van der Waals surface area contributed by atoms with Crippen molar-refractivity contribution < 1.29 is 13.2 Å². The Labute approximate surface area is 176 Å².